The van der Waals surface area contributed by atoms with Crippen LogP contribution in [-0.2, 0) is 32.1 Å². The number of hydrogen-bond donors (Lipinski definition) is 2. The molecule has 1 atom stereocenters. The number of rotatable bonds is 8. The Kier molecular flexibility index (Phi) is 8.48. The molecule has 0 unspecified atom stereocenters. The molecular formula is C20H21BrN2O5. The Morgan fingerprint density at radius 2 is 1.71 bits per heavy atom. The number of amides is 2. The van der Waals surface area contributed by atoms with Crippen LogP contribution < -0.4 is 10.6 Å². The van der Waals surface area contributed by atoms with E-state index < -0.39 is 24.0 Å². The Balaban J connectivity index is 1.83. The van der Waals surface area contributed by atoms with Crippen molar-refractivity contribution in [3.8, 4) is 0 Å². The third-order valence-electron chi connectivity index (χ3n) is 3.81. The molecule has 0 bridgehead atoms. The van der Waals surface area contributed by atoms with Crippen LogP contribution in [-0.4, -0.2) is 37.7 Å². The van der Waals surface area contributed by atoms with Crippen LogP contribution in [0.3, 0.4) is 0 Å². The zero-order valence-electron chi connectivity index (χ0n) is 15.3. The van der Waals surface area contributed by atoms with Crippen LogP contribution in [0.4, 0.5) is 4.79 Å². The van der Waals surface area contributed by atoms with Crippen molar-refractivity contribution in [2.75, 3.05) is 13.7 Å². The van der Waals surface area contributed by atoms with Gasteiger partial charge in [0.2, 0.25) is 5.91 Å². The number of alkyl carbamates (subject to hydrolysis) is 1. The summed E-state index contributed by atoms with van der Waals surface area (Å²) in [5.74, 6) is -1.10. The standard InChI is InChI=1S/C20H21BrN2O5/c1-27-19(25)17(11-15-9-5-6-10-16(15)21)23-18(24)12-22-20(26)28-13-14-7-3-2-4-8-14/h2-10,17H,11-13H2,1H3,(H,22,26)(H,23,24)/t17-/m1/s1. The maximum atomic E-state index is 12.1. The van der Waals surface area contributed by atoms with Crippen LogP contribution in [0, 0.1) is 0 Å². The lowest BCUT2D eigenvalue weighted by molar-refractivity contribution is -0.144. The highest BCUT2D eigenvalue weighted by Gasteiger charge is 2.23. The number of hydrogen-bond acceptors (Lipinski definition) is 5. The molecule has 2 amide bonds. The summed E-state index contributed by atoms with van der Waals surface area (Å²) in [6.45, 7) is -0.224. The highest BCUT2D eigenvalue weighted by atomic mass is 79.9. The van der Waals surface area contributed by atoms with Gasteiger partial charge < -0.3 is 20.1 Å². The maximum Gasteiger partial charge on any atom is 0.407 e. The molecule has 2 rings (SSSR count). The average molecular weight is 449 g/mol. The molecule has 7 nitrogen and oxygen atoms in total. The maximum absolute atomic E-state index is 12.1. The fourth-order valence-electron chi connectivity index (χ4n) is 2.39. The van der Waals surface area contributed by atoms with Crippen molar-refractivity contribution in [1.82, 2.24) is 10.6 Å². The van der Waals surface area contributed by atoms with E-state index in [0.29, 0.717) is 0 Å². The van der Waals surface area contributed by atoms with Gasteiger partial charge in [-0.1, -0.05) is 64.5 Å². The second kappa shape index (κ2) is 11.1. The summed E-state index contributed by atoms with van der Waals surface area (Å²) in [4.78, 5) is 35.8. The van der Waals surface area contributed by atoms with E-state index in [0.717, 1.165) is 15.6 Å². The summed E-state index contributed by atoms with van der Waals surface area (Å²) < 4.78 is 10.6. The predicted octanol–water partition coefficient (Wildman–Crippen LogP) is 2.58. The number of methoxy groups -OCH3 is 1. The largest absolute Gasteiger partial charge is 0.467 e. The van der Waals surface area contributed by atoms with E-state index in [-0.39, 0.29) is 19.6 Å². The molecule has 0 aromatic heterocycles. The lowest BCUT2D eigenvalue weighted by Gasteiger charge is -2.17. The summed E-state index contributed by atoms with van der Waals surface area (Å²) in [5.41, 5.74) is 1.68. The third-order valence-corrected chi connectivity index (χ3v) is 4.58. The molecule has 0 aliphatic heterocycles. The van der Waals surface area contributed by atoms with E-state index in [1.165, 1.54) is 7.11 Å². The summed E-state index contributed by atoms with van der Waals surface area (Å²) in [5, 5.41) is 4.92. The van der Waals surface area contributed by atoms with Crippen molar-refractivity contribution in [3.05, 3.63) is 70.2 Å². The molecule has 0 saturated carbocycles. The molecule has 2 N–H and O–H groups in total. The van der Waals surface area contributed by atoms with Gasteiger partial charge in [-0.15, -0.1) is 0 Å². The van der Waals surface area contributed by atoms with Crippen LogP contribution in [0.15, 0.2) is 59.1 Å². The fourth-order valence-corrected chi connectivity index (χ4v) is 2.84. The minimum Gasteiger partial charge on any atom is -0.467 e. The lowest BCUT2D eigenvalue weighted by Crippen LogP contribution is -2.47. The van der Waals surface area contributed by atoms with Crippen molar-refractivity contribution < 1.29 is 23.9 Å². The van der Waals surface area contributed by atoms with E-state index in [2.05, 4.69) is 26.6 Å². The van der Waals surface area contributed by atoms with Crippen molar-refractivity contribution in [3.63, 3.8) is 0 Å². The van der Waals surface area contributed by atoms with Gasteiger partial charge in [0.05, 0.1) is 7.11 Å². The van der Waals surface area contributed by atoms with E-state index in [9.17, 15) is 14.4 Å². The van der Waals surface area contributed by atoms with E-state index in [1.54, 1.807) is 0 Å². The Bertz CT molecular complexity index is 813. The molecule has 0 aliphatic rings. The minimum atomic E-state index is -0.877. The molecular weight excluding hydrogens is 428 g/mol. The van der Waals surface area contributed by atoms with Gasteiger partial charge in [-0.2, -0.15) is 0 Å². The third kappa shape index (κ3) is 7.03. The minimum absolute atomic E-state index is 0.0983. The Morgan fingerprint density at radius 1 is 1.04 bits per heavy atom. The number of halogens is 1. The van der Waals surface area contributed by atoms with Crippen LogP contribution in [0.25, 0.3) is 0 Å². The van der Waals surface area contributed by atoms with E-state index >= 15 is 0 Å². The molecule has 2 aromatic rings. The molecule has 8 heteroatoms. The Morgan fingerprint density at radius 3 is 2.39 bits per heavy atom. The molecule has 0 aliphatic carbocycles. The second-order valence-corrected chi connectivity index (χ2v) is 6.71. The van der Waals surface area contributed by atoms with Gasteiger partial charge in [-0.3, -0.25) is 4.79 Å². The highest BCUT2D eigenvalue weighted by Crippen LogP contribution is 2.17. The Hall–Kier alpha value is -2.87. The number of nitrogens with one attached hydrogen (secondary N) is 2. The molecule has 28 heavy (non-hydrogen) atoms. The van der Waals surface area contributed by atoms with Crippen LogP contribution in [0.1, 0.15) is 11.1 Å². The molecule has 0 fully saturated rings. The SMILES string of the molecule is COC(=O)[C@@H](Cc1ccccc1Br)NC(=O)CNC(=O)OCc1ccccc1. The average Bonchev–Trinajstić information content (AvgIpc) is 2.72. The molecule has 0 spiro atoms. The first kappa shape index (κ1) is 21.4. The van der Waals surface area contributed by atoms with Crippen molar-refractivity contribution in [2.24, 2.45) is 0 Å². The summed E-state index contributed by atoms with van der Waals surface area (Å²) in [6, 6.07) is 15.7. The number of benzene rings is 2. The monoisotopic (exact) mass is 448 g/mol. The van der Waals surface area contributed by atoms with Crippen molar-refractivity contribution >= 4 is 33.9 Å². The van der Waals surface area contributed by atoms with Gasteiger partial charge in [0.1, 0.15) is 19.2 Å². The van der Waals surface area contributed by atoms with Crippen LogP contribution in [0.2, 0.25) is 0 Å². The first-order valence-electron chi connectivity index (χ1n) is 8.54. The smallest absolute Gasteiger partial charge is 0.407 e. The normalized spacial score (nSPS) is 11.2. The van der Waals surface area contributed by atoms with Crippen molar-refractivity contribution in [1.29, 1.82) is 0 Å². The van der Waals surface area contributed by atoms with Gasteiger partial charge in [0, 0.05) is 10.9 Å². The molecule has 148 valence electrons. The second-order valence-electron chi connectivity index (χ2n) is 5.85. The first-order chi connectivity index (χ1) is 13.5. The molecule has 2 aromatic carbocycles. The van der Waals surface area contributed by atoms with Crippen molar-refractivity contribution in [2.45, 2.75) is 19.1 Å². The van der Waals surface area contributed by atoms with Gasteiger partial charge in [0.25, 0.3) is 0 Å². The quantitative estimate of drug-likeness (QED) is 0.605. The van der Waals surface area contributed by atoms with Crippen LogP contribution >= 0.6 is 15.9 Å². The molecule has 0 heterocycles. The molecule has 0 saturated heterocycles. The molecule has 0 radical (unpaired) electrons. The van der Waals surface area contributed by atoms with Gasteiger partial charge >= 0.3 is 12.1 Å². The summed E-state index contributed by atoms with van der Waals surface area (Å²) in [7, 11) is 1.25. The topological polar surface area (TPSA) is 93.7 Å². The Labute approximate surface area is 171 Å². The van der Waals surface area contributed by atoms with Gasteiger partial charge in [-0.25, -0.2) is 9.59 Å². The number of ether oxygens (including phenoxy) is 2. The fraction of sp³-hybridized carbons (Fsp3) is 0.250. The lowest BCUT2D eigenvalue weighted by atomic mass is 10.1. The van der Waals surface area contributed by atoms with E-state index in [4.69, 9.17) is 9.47 Å². The summed E-state index contributed by atoms with van der Waals surface area (Å²) in [6.07, 6.45) is -0.474. The first-order valence-corrected chi connectivity index (χ1v) is 9.34. The van der Waals surface area contributed by atoms with Gasteiger partial charge in [-0.05, 0) is 17.2 Å². The van der Waals surface area contributed by atoms with Gasteiger partial charge in [0.15, 0.2) is 0 Å². The van der Waals surface area contributed by atoms with E-state index in [1.807, 2.05) is 54.6 Å². The number of carbonyl (C=O) groups excluding carboxylic acids is 3. The number of esters is 1. The number of carbonyl (C=O) groups is 3. The summed E-state index contributed by atoms with van der Waals surface area (Å²) >= 11 is 3.41. The predicted molar refractivity (Wildman–Crippen MR) is 106 cm³/mol. The zero-order valence-corrected chi connectivity index (χ0v) is 16.9. The highest BCUT2D eigenvalue weighted by molar-refractivity contribution is 9.10. The zero-order chi connectivity index (χ0) is 20.4. The van der Waals surface area contributed by atoms with Crippen LogP contribution in [0.5, 0.6) is 0 Å².